The Hall–Kier alpha value is -1.10. The van der Waals surface area contributed by atoms with Crippen LogP contribution in [0.15, 0.2) is 30.3 Å². The molecule has 2 N–H and O–H groups in total. The number of methoxy groups -OCH3 is 1. The van der Waals surface area contributed by atoms with E-state index >= 15 is 0 Å². The molecule has 1 amide bonds. The summed E-state index contributed by atoms with van der Waals surface area (Å²) in [6, 6.07) is 10.3. The summed E-state index contributed by atoms with van der Waals surface area (Å²) in [7, 11) is 1.63. The Morgan fingerprint density at radius 3 is 2.53 bits per heavy atom. The summed E-state index contributed by atoms with van der Waals surface area (Å²) in [6.07, 6.45) is 1.92. The fourth-order valence-electron chi connectivity index (χ4n) is 1.81. The Kier molecular flexibility index (Phi) is 10.2. The van der Waals surface area contributed by atoms with Crippen molar-refractivity contribution in [1.82, 2.24) is 4.90 Å². The molecule has 19 heavy (non-hydrogen) atoms. The zero-order chi connectivity index (χ0) is 13.2. The van der Waals surface area contributed by atoms with Gasteiger partial charge >= 0.3 is 0 Å². The van der Waals surface area contributed by atoms with E-state index in [1.54, 1.807) is 12.0 Å². The van der Waals surface area contributed by atoms with Gasteiger partial charge in [0.25, 0.3) is 0 Å². The van der Waals surface area contributed by atoms with E-state index in [1.807, 2.05) is 18.2 Å². The van der Waals surface area contributed by atoms with Crippen LogP contribution in [-0.2, 0) is 16.0 Å². The van der Waals surface area contributed by atoms with Crippen molar-refractivity contribution in [1.29, 1.82) is 0 Å². The Balaban J connectivity index is 0.00000324. The zero-order valence-corrected chi connectivity index (χ0v) is 12.2. The van der Waals surface area contributed by atoms with Crippen LogP contribution in [0.1, 0.15) is 12.0 Å². The molecule has 0 saturated heterocycles. The number of nitrogens with two attached hydrogens (primary N) is 1. The van der Waals surface area contributed by atoms with E-state index in [9.17, 15) is 4.79 Å². The summed E-state index contributed by atoms with van der Waals surface area (Å²) in [5, 5.41) is 0. The van der Waals surface area contributed by atoms with Gasteiger partial charge in [-0.15, -0.1) is 12.4 Å². The molecule has 4 nitrogen and oxygen atoms in total. The minimum absolute atomic E-state index is 0. The van der Waals surface area contributed by atoms with Gasteiger partial charge in [0.05, 0.1) is 13.2 Å². The molecule has 0 bridgehead atoms. The van der Waals surface area contributed by atoms with Gasteiger partial charge in [0, 0.05) is 20.2 Å². The topological polar surface area (TPSA) is 55.6 Å². The van der Waals surface area contributed by atoms with Gasteiger partial charge in [-0.1, -0.05) is 30.3 Å². The number of aryl methyl sites for hydroxylation is 1. The maximum Gasteiger partial charge on any atom is 0.236 e. The average molecular weight is 287 g/mol. The van der Waals surface area contributed by atoms with Gasteiger partial charge in [-0.25, -0.2) is 0 Å². The summed E-state index contributed by atoms with van der Waals surface area (Å²) in [5.74, 6) is -0.0138. The van der Waals surface area contributed by atoms with E-state index in [0.29, 0.717) is 13.2 Å². The fourth-order valence-corrected chi connectivity index (χ4v) is 1.81. The monoisotopic (exact) mass is 286 g/mol. The number of carbonyl (C=O) groups excluding carboxylic acids is 1. The normalized spacial score (nSPS) is 9.79. The van der Waals surface area contributed by atoms with Crippen LogP contribution in [0.25, 0.3) is 0 Å². The molecule has 0 aromatic heterocycles. The molecule has 0 unspecified atom stereocenters. The lowest BCUT2D eigenvalue weighted by Crippen LogP contribution is -2.39. The second kappa shape index (κ2) is 10.8. The van der Waals surface area contributed by atoms with Crippen molar-refractivity contribution in [2.75, 3.05) is 33.4 Å². The Labute approximate surface area is 121 Å². The van der Waals surface area contributed by atoms with Crippen LogP contribution < -0.4 is 5.73 Å². The van der Waals surface area contributed by atoms with Crippen molar-refractivity contribution in [3.63, 3.8) is 0 Å². The highest BCUT2D eigenvalue weighted by Crippen LogP contribution is 2.03. The number of halogens is 1. The van der Waals surface area contributed by atoms with Crippen molar-refractivity contribution >= 4 is 18.3 Å². The number of carbonyl (C=O) groups is 1. The Bertz CT molecular complexity index is 347. The Morgan fingerprint density at radius 1 is 1.26 bits per heavy atom. The van der Waals surface area contributed by atoms with E-state index in [0.717, 1.165) is 19.4 Å². The van der Waals surface area contributed by atoms with E-state index < -0.39 is 0 Å². The third kappa shape index (κ3) is 7.15. The molecule has 0 atom stereocenters. The summed E-state index contributed by atoms with van der Waals surface area (Å²) in [6.45, 7) is 1.96. The van der Waals surface area contributed by atoms with Crippen LogP contribution >= 0.6 is 12.4 Å². The summed E-state index contributed by atoms with van der Waals surface area (Å²) >= 11 is 0. The maximum absolute atomic E-state index is 11.6. The highest BCUT2D eigenvalue weighted by molar-refractivity contribution is 5.85. The molecule has 5 heteroatoms. The first-order valence-corrected chi connectivity index (χ1v) is 6.28. The van der Waals surface area contributed by atoms with E-state index in [-0.39, 0.29) is 24.9 Å². The fraction of sp³-hybridized carbons (Fsp3) is 0.500. The van der Waals surface area contributed by atoms with Crippen molar-refractivity contribution < 1.29 is 9.53 Å². The Morgan fingerprint density at radius 2 is 1.95 bits per heavy atom. The van der Waals surface area contributed by atoms with Gasteiger partial charge in [-0.3, -0.25) is 4.79 Å². The first-order chi connectivity index (χ1) is 8.77. The first-order valence-electron chi connectivity index (χ1n) is 6.28. The molecule has 0 aliphatic heterocycles. The largest absolute Gasteiger partial charge is 0.383 e. The molecule has 108 valence electrons. The van der Waals surface area contributed by atoms with Crippen LogP contribution in [0.4, 0.5) is 0 Å². The van der Waals surface area contributed by atoms with Gasteiger partial charge in [0.2, 0.25) is 5.91 Å². The molecule has 0 radical (unpaired) electrons. The number of hydrogen-bond acceptors (Lipinski definition) is 3. The summed E-state index contributed by atoms with van der Waals surface area (Å²) in [4.78, 5) is 13.4. The number of nitrogens with zero attached hydrogens (tertiary/aromatic N) is 1. The third-order valence-electron chi connectivity index (χ3n) is 2.83. The van der Waals surface area contributed by atoms with Crippen LogP contribution in [0.5, 0.6) is 0 Å². The lowest BCUT2D eigenvalue weighted by molar-refractivity contribution is -0.130. The van der Waals surface area contributed by atoms with Crippen molar-refractivity contribution in [3.05, 3.63) is 35.9 Å². The third-order valence-corrected chi connectivity index (χ3v) is 2.83. The van der Waals surface area contributed by atoms with Gasteiger partial charge in [0.15, 0.2) is 0 Å². The number of benzene rings is 1. The molecule has 1 aromatic rings. The quantitative estimate of drug-likeness (QED) is 0.787. The molecule has 0 spiro atoms. The number of rotatable bonds is 8. The number of ether oxygens (including phenoxy) is 1. The van der Waals surface area contributed by atoms with E-state index in [2.05, 4.69) is 12.1 Å². The highest BCUT2D eigenvalue weighted by atomic mass is 35.5. The lowest BCUT2D eigenvalue weighted by atomic mass is 10.1. The van der Waals surface area contributed by atoms with Crippen LogP contribution in [-0.4, -0.2) is 44.2 Å². The molecule has 0 aliphatic rings. The van der Waals surface area contributed by atoms with Crippen molar-refractivity contribution in [2.45, 2.75) is 12.8 Å². The second-order valence-electron chi connectivity index (χ2n) is 4.17. The van der Waals surface area contributed by atoms with Crippen molar-refractivity contribution in [2.24, 2.45) is 5.73 Å². The molecular formula is C14H23ClN2O2. The minimum Gasteiger partial charge on any atom is -0.383 e. The standard InChI is InChI=1S/C14H22N2O2.ClH/c1-18-11-10-16(14(17)12-15)9-5-8-13-6-3-2-4-7-13;/h2-4,6-7H,5,8-12,15H2,1H3;1H. The first kappa shape index (κ1) is 17.9. The van der Waals surface area contributed by atoms with Gasteiger partial charge in [-0.2, -0.15) is 0 Å². The molecule has 0 fully saturated rings. The minimum atomic E-state index is -0.0138. The number of amides is 1. The van der Waals surface area contributed by atoms with Gasteiger partial charge in [0.1, 0.15) is 0 Å². The molecule has 0 saturated carbocycles. The van der Waals surface area contributed by atoms with E-state index in [1.165, 1.54) is 5.56 Å². The smallest absolute Gasteiger partial charge is 0.236 e. The molecule has 1 aromatic carbocycles. The van der Waals surface area contributed by atoms with Crippen LogP contribution in [0.3, 0.4) is 0 Å². The van der Waals surface area contributed by atoms with Gasteiger partial charge in [-0.05, 0) is 18.4 Å². The molecule has 0 heterocycles. The second-order valence-corrected chi connectivity index (χ2v) is 4.17. The average Bonchev–Trinajstić information content (AvgIpc) is 2.43. The molecule has 0 aliphatic carbocycles. The lowest BCUT2D eigenvalue weighted by Gasteiger charge is -2.21. The SMILES string of the molecule is COCCN(CCCc1ccccc1)C(=O)CN.Cl. The zero-order valence-electron chi connectivity index (χ0n) is 11.4. The number of hydrogen-bond donors (Lipinski definition) is 1. The predicted octanol–water partition coefficient (Wildman–Crippen LogP) is 1.47. The predicted molar refractivity (Wildman–Crippen MR) is 79.5 cm³/mol. The van der Waals surface area contributed by atoms with E-state index in [4.69, 9.17) is 10.5 Å². The van der Waals surface area contributed by atoms with Gasteiger partial charge < -0.3 is 15.4 Å². The molecule has 1 rings (SSSR count). The van der Waals surface area contributed by atoms with Crippen LogP contribution in [0.2, 0.25) is 0 Å². The van der Waals surface area contributed by atoms with Crippen molar-refractivity contribution in [3.8, 4) is 0 Å². The van der Waals surface area contributed by atoms with Crippen LogP contribution in [0, 0.1) is 0 Å². The highest BCUT2D eigenvalue weighted by Gasteiger charge is 2.10. The maximum atomic E-state index is 11.6. The molecular weight excluding hydrogens is 264 g/mol. The summed E-state index contributed by atoms with van der Waals surface area (Å²) < 4.78 is 5.00. The summed E-state index contributed by atoms with van der Waals surface area (Å²) in [5.41, 5.74) is 6.69.